The summed E-state index contributed by atoms with van der Waals surface area (Å²) in [6, 6.07) is 8.24. The second kappa shape index (κ2) is 9.12. The minimum atomic E-state index is -0.785. The van der Waals surface area contributed by atoms with Crippen LogP contribution in [0.3, 0.4) is 0 Å². The number of likely N-dealkylation sites (tertiary alicyclic amines) is 1. The average molecular weight is 411 g/mol. The molecule has 0 radical (unpaired) electrons. The van der Waals surface area contributed by atoms with Gasteiger partial charge >= 0.3 is 6.01 Å². The summed E-state index contributed by atoms with van der Waals surface area (Å²) in [4.78, 5) is 11.0. The molecule has 1 aliphatic carbocycles. The number of nitrogens with zero attached hydrogens (tertiary/aromatic N) is 3. The van der Waals surface area contributed by atoms with Crippen LogP contribution < -0.4 is 10.5 Å². The maximum Gasteiger partial charge on any atom is 0.318 e. The van der Waals surface area contributed by atoms with E-state index in [1.54, 1.807) is 0 Å². The number of nitrogens with two attached hydrogens (primary N) is 1. The first-order valence-electron chi connectivity index (χ1n) is 10.7. The molecule has 2 aliphatic rings. The third-order valence-corrected chi connectivity index (χ3v) is 5.79. The summed E-state index contributed by atoms with van der Waals surface area (Å²) >= 11 is 0. The average Bonchev–Trinajstić information content (AvgIpc) is 3.34. The van der Waals surface area contributed by atoms with Crippen LogP contribution in [-0.4, -0.2) is 50.9 Å². The van der Waals surface area contributed by atoms with Crippen molar-refractivity contribution in [3.05, 3.63) is 52.7 Å². The van der Waals surface area contributed by atoms with Gasteiger partial charge in [0.25, 0.3) is 0 Å². The Balaban J connectivity index is 1.47. The molecule has 30 heavy (non-hydrogen) atoms. The van der Waals surface area contributed by atoms with Crippen LogP contribution in [0, 0.1) is 0 Å². The lowest BCUT2D eigenvalue weighted by molar-refractivity contribution is 0.175. The van der Waals surface area contributed by atoms with E-state index in [0.717, 1.165) is 55.6 Å². The Bertz CT molecular complexity index is 913. The zero-order valence-corrected chi connectivity index (χ0v) is 17.4. The number of unbranched alkanes of at least 4 members (excludes halogenated alkanes) is 1. The fraction of sp³-hybridized carbons (Fsp3) is 0.478. The van der Waals surface area contributed by atoms with E-state index in [2.05, 4.69) is 21.8 Å². The van der Waals surface area contributed by atoms with Crippen LogP contribution in [0.5, 0.6) is 6.01 Å². The normalized spacial score (nSPS) is 19.6. The van der Waals surface area contributed by atoms with Crippen LogP contribution in [-0.2, 0) is 13.0 Å². The molecule has 160 valence electrons. The third kappa shape index (κ3) is 4.48. The maximum absolute atomic E-state index is 11.0. The standard InChI is InChI=1S/C23H30N4O3/c1-2-3-12-30-23-25-20-18(8-9-19(20)22(24)26-23)21(29)16-6-4-15(5-7-16)13-27-11-10-17(28)14-27/h4-8,17,21,28-29H,2-3,9-14H2,1H3,(H2,24,25,26). The Morgan fingerprint density at radius 2 is 2.07 bits per heavy atom. The number of ether oxygens (including phenoxy) is 1. The predicted octanol–water partition coefficient (Wildman–Crippen LogP) is 2.48. The van der Waals surface area contributed by atoms with Gasteiger partial charge < -0.3 is 20.7 Å². The monoisotopic (exact) mass is 410 g/mol. The fourth-order valence-corrected chi connectivity index (χ4v) is 4.04. The number of hydrogen-bond acceptors (Lipinski definition) is 7. The van der Waals surface area contributed by atoms with Gasteiger partial charge in [0.1, 0.15) is 11.9 Å². The smallest absolute Gasteiger partial charge is 0.318 e. The minimum absolute atomic E-state index is 0.217. The number of anilines is 1. The molecule has 4 N–H and O–H groups in total. The molecule has 2 atom stereocenters. The summed E-state index contributed by atoms with van der Waals surface area (Å²) < 4.78 is 5.64. The fourth-order valence-electron chi connectivity index (χ4n) is 4.04. The molecule has 1 saturated heterocycles. The van der Waals surface area contributed by atoms with Crippen molar-refractivity contribution in [2.75, 3.05) is 25.4 Å². The number of hydrogen-bond donors (Lipinski definition) is 3. The molecule has 2 heterocycles. The molecule has 4 rings (SSSR count). The number of aliphatic hydroxyl groups excluding tert-OH is 2. The number of aliphatic hydroxyl groups is 2. The van der Waals surface area contributed by atoms with Gasteiger partial charge in [0.2, 0.25) is 0 Å². The van der Waals surface area contributed by atoms with Crippen molar-refractivity contribution in [3.63, 3.8) is 0 Å². The summed E-state index contributed by atoms with van der Waals surface area (Å²) in [7, 11) is 0. The van der Waals surface area contributed by atoms with Crippen molar-refractivity contribution < 1.29 is 14.9 Å². The predicted molar refractivity (Wildman–Crippen MR) is 116 cm³/mol. The van der Waals surface area contributed by atoms with E-state index in [1.165, 1.54) is 5.56 Å². The minimum Gasteiger partial charge on any atom is -0.463 e. The quantitative estimate of drug-likeness (QED) is 0.574. The van der Waals surface area contributed by atoms with Crippen LogP contribution in [0.2, 0.25) is 0 Å². The second-order valence-corrected chi connectivity index (χ2v) is 8.11. The summed E-state index contributed by atoms with van der Waals surface area (Å²) in [6.45, 7) is 5.09. The highest BCUT2D eigenvalue weighted by atomic mass is 16.5. The topological polar surface area (TPSA) is 105 Å². The summed E-state index contributed by atoms with van der Waals surface area (Å²) in [5.74, 6) is 0.410. The van der Waals surface area contributed by atoms with Crippen molar-refractivity contribution in [1.82, 2.24) is 14.9 Å². The van der Waals surface area contributed by atoms with Crippen LogP contribution in [0.15, 0.2) is 30.3 Å². The molecule has 1 aliphatic heterocycles. The second-order valence-electron chi connectivity index (χ2n) is 8.11. The van der Waals surface area contributed by atoms with Gasteiger partial charge in [-0.1, -0.05) is 43.7 Å². The molecule has 7 nitrogen and oxygen atoms in total. The molecule has 1 fully saturated rings. The lowest BCUT2D eigenvalue weighted by Gasteiger charge is -2.17. The lowest BCUT2D eigenvalue weighted by Crippen LogP contribution is -2.21. The van der Waals surface area contributed by atoms with E-state index in [-0.39, 0.29) is 12.1 Å². The van der Waals surface area contributed by atoms with Gasteiger partial charge in [0.05, 0.1) is 18.4 Å². The molecule has 2 aromatic rings. The van der Waals surface area contributed by atoms with E-state index in [4.69, 9.17) is 10.5 Å². The van der Waals surface area contributed by atoms with Gasteiger partial charge in [-0.05, 0) is 30.4 Å². The van der Waals surface area contributed by atoms with E-state index < -0.39 is 6.10 Å². The zero-order chi connectivity index (χ0) is 21.1. The number of benzene rings is 1. The largest absolute Gasteiger partial charge is 0.463 e. The van der Waals surface area contributed by atoms with Crippen LogP contribution in [0.1, 0.15) is 54.7 Å². The molecule has 0 amide bonds. The summed E-state index contributed by atoms with van der Waals surface area (Å²) in [5, 5.41) is 20.7. The van der Waals surface area contributed by atoms with E-state index in [9.17, 15) is 10.2 Å². The van der Waals surface area contributed by atoms with Crippen LogP contribution >= 0.6 is 0 Å². The number of β-amino-alcohol motifs (C(OH)–C–C–N with tert-alkyl or cyclic N) is 1. The van der Waals surface area contributed by atoms with Gasteiger partial charge in [-0.3, -0.25) is 4.90 Å². The van der Waals surface area contributed by atoms with Crippen molar-refractivity contribution in [1.29, 1.82) is 0 Å². The number of rotatable bonds is 8. The van der Waals surface area contributed by atoms with Crippen molar-refractivity contribution in [2.45, 2.75) is 51.4 Å². The Kier molecular flexibility index (Phi) is 6.32. The summed E-state index contributed by atoms with van der Waals surface area (Å²) in [5.41, 5.74) is 10.4. The van der Waals surface area contributed by atoms with Gasteiger partial charge in [0.15, 0.2) is 0 Å². The zero-order valence-electron chi connectivity index (χ0n) is 17.4. The SMILES string of the molecule is CCCCOc1nc(N)c2c(n1)C(C(O)c1ccc(CN3CCC(O)C3)cc1)=CC2. The Morgan fingerprint density at radius 1 is 1.27 bits per heavy atom. The highest BCUT2D eigenvalue weighted by Crippen LogP contribution is 2.38. The third-order valence-electron chi connectivity index (χ3n) is 5.79. The lowest BCUT2D eigenvalue weighted by atomic mass is 9.99. The molecular weight excluding hydrogens is 380 g/mol. The van der Waals surface area contributed by atoms with Crippen molar-refractivity contribution in [3.8, 4) is 6.01 Å². The number of aromatic nitrogens is 2. The Labute approximate surface area is 177 Å². The van der Waals surface area contributed by atoms with Gasteiger partial charge in [-0.2, -0.15) is 9.97 Å². The molecule has 7 heteroatoms. The number of nitrogen functional groups attached to an aromatic ring is 1. The van der Waals surface area contributed by atoms with Crippen LogP contribution in [0.4, 0.5) is 5.82 Å². The maximum atomic E-state index is 11.0. The highest BCUT2D eigenvalue weighted by Gasteiger charge is 2.27. The molecule has 0 spiro atoms. The van der Waals surface area contributed by atoms with Gasteiger partial charge in [-0.25, -0.2) is 0 Å². The Morgan fingerprint density at radius 3 is 2.77 bits per heavy atom. The van der Waals surface area contributed by atoms with Gasteiger partial charge in [0, 0.05) is 30.8 Å². The molecule has 2 unspecified atom stereocenters. The number of fused-ring (bicyclic) bond motifs is 1. The highest BCUT2D eigenvalue weighted by molar-refractivity contribution is 5.77. The van der Waals surface area contributed by atoms with Crippen molar-refractivity contribution in [2.24, 2.45) is 0 Å². The Hall–Kier alpha value is -2.48. The first-order chi connectivity index (χ1) is 14.5. The van der Waals surface area contributed by atoms with E-state index >= 15 is 0 Å². The van der Waals surface area contributed by atoms with Crippen molar-refractivity contribution >= 4 is 11.4 Å². The molecule has 0 saturated carbocycles. The molecule has 1 aromatic heterocycles. The van der Waals surface area contributed by atoms with E-state index in [1.807, 2.05) is 30.3 Å². The van der Waals surface area contributed by atoms with E-state index in [0.29, 0.717) is 24.5 Å². The first-order valence-corrected chi connectivity index (χ1v) is 10.7. The molecular formula is C23H30N4O3. The summed E-state index contributed by atoms with van der Waals surface area (Å²) in [6.07, 6.45) is 4.36. The van der Waals surface area contributed by atoms with Gasteiger partial charge in [-0.15, -0.1) is 0 Å². The molecule has 0 bridgehead atoms. The molecule has 1 aromatic carbocycles. The first kappa shape index (κ1) is 20.8. The van der Waals surface area contributed by atoms with Crippen LogP contribution in [0.25, 0.3) is 5.57 Å². The number of allylic oxidation sites excluding steroid dienone is 1.